The molecule has 2 aliphatic rings. The molecule has 3 atom stereocenters. The monoisotopic (exact) mass is 253 g/mol. The minimum absolute atomic E-state index is 0.137. The summed E-state index contributed by atoms with van der Waals surface area (Å²) in [5, 5.41) is 0. The van der Waals surface area contributed by atoms with Gasteiger partial charge in [0, 0.05) is 13.1 Å². The number of carbonyl (C=O) groups is 1. The summed E-state index contributed by atoms with van der Waals surface area (Å²) in [6.07, 6.45) is 4.80. The molecule has 2 fully saturated rings. The fourth-order valence-electron chi connectivity index (χ4n) is 3.52. The van der Waals surface area contributed by atoms with Gasteiger partial charge >= 0.3 is 0 Å². The predicted octanol–water partition coefficient (Wildman–Crippen LogP) is 0.947. The second-order valence-corrected chi connectivity index (χ2v) is 6.62. The topological polar surface area (TPSA) is 72.4 Å². The van der Waals surface area contributed by atoms with Crippen LogP contribution in [0.25, 0.3) is 0 Å². The average molecular weight is 253 g/mol. The Bertz CT molecular complexity index is 318. The lowest BCUT2D eigenvalue weighted by molar-refractivity contribution is -0.132. The number of rotatable bonds is 3. The van der Waals surface area contributed by atoms with Crippen LogP contribution < -0.4 is 11.5 Å². The highest BCUT2D eigenvalue weighted by atomic mass is 16.2. The van der Waals surface area contributed by atoms with Gasteiger partial charge in [-0.25, -0.2) is 0 Å². The molecule has 0 aromatic rings. The molecule has 1 saturated heterocycles. The number of nitrogens with zero attached hydrogens (tertiary/aromatic N) is 1. The molecule has 1 amide bonds. The van der Waals surface area contributed by atoms with Crippen molar-refractivity contribution >= 4 is 5.91 Å². The van der Waals surface area contributed by atoms with E-state index in [1.165, 1.54) is 19.3 Å². The molecule has 2 rings (SSSR count). The minimum Gasteiger partial charge on any atom is -0.341 e. The first kappa shape index (κ1) is 13.8. The molecule has 0 bridgehead atoms. The summed E-state index contributed by atoms with van der Waals surface area (Å²) in [7, 11) is 0. The lowest BCUT2D eigenvalue weighted by Gasteiger charge is -2.26. The summed E-state index contributed by atoms with van der Waals surface area (Å²) in [6, 6.07) is -0.341. The smallest absolute Gasteiger partial charge is 0.239 e. The van der Waals surface area contributed by atoms with E-state index in [0.29, 0.717) is 11.3 Å². The second-order valence-electron chi connectivity index (χ2n) is 6.62. The molecular weight excluding hydrogens is 226 g/mol. The Kier molecular flexibility index (Phi) is 3.97. The summed E-state index contributed by atoms with van der Waals surface area (Å²) in [4.78, 5) is 14.2. The summed E-state index contributed by atoms with van der Waals surface area (Å²) in [6.45, 7) is 6.60. The summed E-state index contributed by atoms with van der Waals surface area (Å²) in [5.74, 6) is 1.02. The third kappa shape index (κ3) is 2.54. The van der Waals surface area contributed by atoms with Crippen molar-refractivity contribution in [2.45, 2.75) is 45.6 Å². The number of amides is 1. The van der Waals surface area contributed by atoms with Gasteiger partial charge in [0.05, 0.1) is 6.04 Å². The van der Waals surface area contributed by atoms with E-state index in [4.69, 9.17) is 11.5 Å². The number of nitrogens with two attached hydrogens (primary N) is 2. The highest BCUT2D eigenvalue weighted by Gasteiger charge is 2.45. The molecule has 0 aromatic carbocycles. The van der Waals surface area contributed by atoms with Gasteiger partial charge in [-0.15, -0.1) is 0 Å². The number of carbonyl (C=O) groups excluding carboxylic acids is 1. The van der Waals surface area contributed by atoms with Gasteiger partial charge < -0.3 is 16.4 Å². The third-order valence-corrected chi connectivity index (χ3v) is 4.89. The highest BCUT2D eigenvalue weighted by molar-refractivity contribution is 5.82. The van der Waals surface area contributed by atoms with Crippen LogP contribution in [0.1, 0.15) is 39.5 Å². The van der Waals surface area contributed by atoms with Gasteiger partial charge in [-0.2, -0.15) is 0 Å². The second kappa shape index (κ2) is 5.17. The Labute approximate surface area is 110 Å². The average Bonchev–Trinajstić information content (AvgIpc) is 2.95. The van der Waals surface area contributed by atoms with E-state index in [0.717, 1.165) is 26.1 Å². The molecule has 1 saturated carbocycles. The van der Waals surface area contributed by atoms with Gasteiger partial charge in [0.25, 0.3) is 0 Å². The van der Waals surface area contributed by atoms with Crippen molar-refractivity contribution in [1.82, 2.24) is 4.90 Å². The van der Waals surface area contributed by atoms with Gasteiger partial charge in [0.15, 0.2) is 0 Å². The Balaban J connectivity index is 1.94. The standard InChI is InChI=1S/C14H27N3O/c1-10(2)12(16)13(18)17-6-5-14(9-17)4-3-11(7-14)8-15/h10-12H,3-9,15-16H2,1-2H3/t11-,12-,14-/m0/s1. The van der Waals surface area contributed by atoms with Crippen molar-refractivity contribution in [3.05, 3.63) is 0 Å². The van der Waals surface area contributed by atoms with Crippen molar-refractivity contribution in [2.24, 2.45) is 28.7 Å². The summed E-state index contributed by atoms with van der Waals surface area (Å²) < 4.78 is 0. The fourth-order valence-corrected chi connectivity index (χ4v) is 3.52. The van der Waals surface area contributed by atoms with Crippen LogP contribution in [0.2, 0.25) is 0 Å². The van der Waals surface area contributed by atoms with E-state index < -0.39 is 0 Å². The normalized spacial score (nSPS) is 33.6. The van der Waals surface area contributed by atoms with Crippen LogP contribution in [0.4, 0.5) is 0 Å². The van der Waals surface area contributed by atoms with Gasteiger partial charge in [-0.3, -0.25) is 4.79 Å². The molecule has 4 nitrogen and oxygen atoms in total. The lowest BCUT2D eigenvalue weighted by Crippen LogP contribution is -2.46. The van der Waals surface area contributed by atoms with E-state index in [2.05, 4.69) is 0 Å². The van der Waals surface area contributed by atoms with E-state index in [9.17, 15) is 4.79 Å². The van der Waals surface area contributed by atoms with Gasteiger partial charge in [0.2, 0.25) is 5.91 Å². The molecule has 1 spiro atoms. The molecule has 0 radical (unpaired) electrons. The van der Waals surface area contributed by atoms with Gasteiger partial charge in [-0.1, -0.05) is 13.8 Å². The van der Waals surface area contributed by atoms with Crippen LogP contribution in [0.15, 0.2) is 0 Å². The van der Waals surface area contributed by atoms with Crippen LogP contribution in [0.3, 0.4) is 0 Å². The minimum atomic E-state index is -0.341. The molecule has 1 aliphatic carbocycles. The van der Waals surface area contributed by atoms with Crippen molar-refractivity contribution in [1.29, 1.82) is 0 Å². The van der Waals surface area contributed by atoms with Crippen molar-refractivity contribution < 1.29 is 4.79 Å². The zero-order chi connectivity index (χ0) is 13.3. The highest BCUT2D eigenvalue weighted by Crippen LogP contribution is 2.47. The molecule has 0 unspecified atom stereocenters. The number of hydrogen-bond acceptors (Lipinski definition) is 3. The SMILES string of the molecule is CC(C)[C@H](N)C(=O)N1CC[C@]2(CC[C@H](CN)C2)C1. The van der Waals surface area contributed by atoms with Crippen LogP contribution in [-0.4, -0.2) is 36.5 Å². The van der Waals surface area contributed by atoms with E-state index >= 15 is 0 Å². The van der Waals surface area contributed by atoms with Crippen LogP contribution >= 0.6 is 0 Å². The maximum Gasteiger partial charge on any atom is 0.239 e. The Morgan fingerprint density at radius 1 is 1.44 bits per heavy atom. The van der Waals surface area contributed by atoms with Crippen LogP contribution in [0.5, 0.6) is 0 Å². The quantitative estimate of drug-likeness (QED) is 0.786. The first-order valence-electron chi connectivity index (χ1n) is 7.22. The van der Waals surface area contributed by atoms with Crippen molar-refractivity contribution in [3.8, 4) is 0 Å². The van der Waals surface area contributed by atoms with Crippen LogP contribution in [0, 0.1) is 17.3 Å². The molecule has 18 heavy (non-hydrogen) atoms. The first-order valence-corrected chi connectivity index (χ1v) is 7.22. The largest absolute Gasteiger partial charge is 0.341 e. The zero-order valence-corrected chi connectivity index (χ0v) is 11.7. The van der Waals surface area contributed by atoms with Gasteiger partial charge in [-0.05, 0) is 49.5 Å². The number of hydrogen-bond donors (Lipinski definition) is 2. The van der Waals surface area contributed by atoms with Crippen molar-refractivity contribution in [3.63, 3.8) is 0 Å². The fraction of sp³-hybridized carbons (Fsp3) is 0.929. The molecule has 104 valence electrons. The summed E-state index contributed by atoms with van der Waals surface area (Å²) in [5.41, 5.74) is 12.1. The predicted molar refractivity (Wildman–Crippen MR) is 72.8 cm³/mol. The summed E-state index contributed by atoms with van der Waals surface area (Å²) >= 11 is 0. The Morgan fingerprint density at radius 3 is 2.72 bits per heavy atom. The van der Waals surface area contributed by atoms with Crippen molar-refractivity contribution in [2.75, 3.05) is 19.6 Å². The van der Waals surface area contributed by atoms with Gasteiger partial charge in [0.1, 0.15) is 0 Å². The maximum atomic E-state index is 12.3. The first-order chi connectivity index (χ1) is 8.47. The molecule has 4 heteroatoms. The molecular formula is C14H27N3O. The Hall–Kier alpha value is -0.610. The van der Waals surface area contributed by atoms with Crippen LogP contribution in [-0.2, 0) is 4.79 Å². The zero-order valence-electron chi connectivity index (χ0n) is 11.7. The molecule has 0 aromatic heterocycles. The molecule has 1 heterocycles. The Morgan fingerprint density at radius 2 is 2.17 bits per heavy atom. The van der Waals surface area contributed by atoms with E-state index in [-0.39, 0.29) is 17.9 Å². The molecule has 1 aliphatic heterocycles. The maximum absolute atomic E-state index is 12.3. The number of likely N-dealkylation sites (tertiary alicyclic amines) is 1. The van der Waals surface area contributed by atoms with E-state index in [1.807, 2.05) is 18.7 Å². The molecule has 4 N–H and O–H groups in total. The van der Waals surface area contributed by atoms with E-state index in [1.54, 1.807) is 0 Å². The third-order valence-electron chi connectivity index (χ3n) is 4.89. The lowest BCUT2D eigenvalue weighted by atomic mass is 9.84.